The van der Waals surface area contributed by atoms with Gasteiger partial charge in [0.25, 0.3) is 0 Å². The summed E-state index contributed by atoms with van der Waals surface area (Å²) in [7, 11) is 0. The molecular formula is C15H19NO3. The minimum atomic E-state index is -0.585. The van der Waals surface area contributed by atoms with Crippen molar-refractivity contribution in [3.05, 3.63) is 29.3 Å². The molecular weight excluding hydrogens is 242 g/mol. The van der Waals surface area contributed by atoms with E-state index in [4.69, 9.17) is 4.74 Å². The lowest BCUT2D eigenvalue weighted by Gasteiger charge is -2.19. The van der Waals surface area contributed by atoms with Crippen molar-refractivity contribution >= 4 is 11.6 Å². The number of likely N-dealkylation sites (N-methyl/N-ethyl adjacent to an activating group) is 1. The number of fused-ring (bicyclic) bond motifs is 1. The molecule has 0 bridgehead atoms. The number of amides is 1. The number of nitrogens with zero attached hydrogens (tertiary/aromatic N) is 1. The van der Waals surface area contributed by atoms with Crippen LogP contribution in [0, 0.1) is 0 Å². The number of carbonyl (C=O) groups excluding carboxylic acids is 1. The molecule has 2 atom stereocenters. The van der Waals surface area contributed by atoms with Crippen molar-refractivity contribution in [2.75, 3.05) is 18.1 Å². The van der Waals surface area contributed by atoms with Crippen LogP contribution in [0.15, 0.2) is 18.2 Å². The molecule has 1 aromatic carbocycles. The molecule has 102 valence electrons. The van der Waals surface area contributed by atoms with Gasteiger partial charge in [0.1, 0.15) is 6.10 Å². The largest absolute Gasteiger partial charge is 0.386 e. The molecule has 3 rings (SSSR count). The quantitative estimate of drug-likeness (QED) is 0.902. The molecule has 0 aliphatic carbocycles. The van der Waals surface area contributed by atoms with Crippen LogP contribution in [0.1, 0.15) is 37.0 Å². The molecule has 1 amide bonds. The van der Waals surface area contributed by atoms with Gasteiger partial charge in [-0.2, -0.15) is 0 Å². The predicted molar refractivity (Wildman–Crippen MR) is 72.1 cm³/mol. The van der Waals surface area contributed by atoms with E-state index in [1.165, 1.54) is 0 Å². The molecule has 0 aromatic heterocycles. The monoisotopic (exact) mass is 261 g/mol. The van der Waals surface area contributed by atoms with E-state index < -0.39 is 6.10 Å². The highest BCUT2D eigenvalue weighted by atomic mass is 16.5. The number of aliphatic hydroxyl groups excluding tert-OH is 1. The van der Waals surface area contributed by atoms with Gasteiger partial charge in [0.2, 0.25) is 5.91 Å². The first-order valence-electron chi connectivity index (χ1n) is 6.93. The molecule has 19 heavy (non-hydrogen) atoms. The van der Waals surface area contributed by atoms with E-state index in [-0.39, 0.29) is 12.0 Å². The lowest BCUT2D eigenvalue weighted by molar-refractivity contribution is -0.117. The molecule has 0 saturated carbocycles. The van der Waals surface area contributed by atoms with Crippen molar-refractivity contribution < 1.29 is 14.6 Å². The zero-order valence-electron chi connectivity index (χ0n) is 11.1. The maximum atomic E-state index is 11.8. The van der Waals surface area contributed by atoms with Gasteiger partial charge in [-0.3, -0.25) is 4.79 Å². The third-order valence-corrected chi connectivity index (χ3v) is 4.01. The Morgan fingerprint density at radius 2 is 2.37 bits per heavy atom. The second-order valence-electron chi connectivity index (χ2n) is 5.20. The van der Waals surface area contributed by atoms with Gasteiger partial charge in [0.15, 0.2) is 0 Å². The van der Waals surface area contributed by atoms with Crippen LogP contribution >= 0.6 is 0 Å². The first kappa shape index (κ1) is 12.6. The summed E-state index contributed by atoms with van der Waals surface area (Å²) in [5.41, 5.74) is 2.86. The third kappa shape index (κ3) is 2.15. The summed E-state index contributed by atoms with van der Waals surface area (Å²) in [6, 6.07) is 5.80. The third-order valence-electron chi connectivity index (χ3n) is 4.01. The van der Waals surface area contributed by atoms with Gasteiger partial charge in [0.05, 0.1) is 12.5 Å². The molecule has 4 heteroatoms. The Kier molecular flexibility index (Phi) is 3.29. The Bertz CT molecular complexity index is 494. The molecule has 2 unspecified atom stereocenters. The number of rotatable bonds is 3. The fraction of sp³-hybridized carbons (Fsp3) is 0.533. The summed E-state index contributed by atoms with van der Waals surface area (Å²) in [4.78, 5) is 13.6. The average molecular weight is 261 g/mol. The number of carbonyl (C=O) groups is 1. The maximum absolute atomic E-state index is 11.8. The number of hydrogen-bond acceptors (Lipinski definition) is 3. The Morgan fingerprint density at radius 1 is 1.53 bits per heavy atom. The van der Waals surface area contributed by atoms with Crippen molar-refractivity contribution in [2.45, 2.75) is 38.4 Å². The summed E-state index contributed by atoms with van der Waals surface area (Å²) >= 11 is 0. The molecule has 1 fully saturated rings. The highest BCUT2D eigenvalue weighted by molar-refractivity contribution is 6.01. The SMILES string of the molecule is CCN1C(=O)Cc2cc(C(O)C3CCCO3)ccc21. The Balaban J connectivity index is 1.86. The van der Waals surface area contributed by atoms with Crippen molar-refractivity contribution in [1.82, 2.24) is 0 Å². The molecule has 1 aromatic rings. The summed E-state index contributed by atoms with van der Waals surface area (Å²) in [5.74, 6) is 0.140. The summed E-state index contributed by atoms with van der Waals surface area (Å²) in [6.07, 6.45) is 1.67. The zero-order valence-corrected chi connectivity index (χ0v) is 11.1. The van der Waals surface area contributed by atoms with Crippen molar-refractivity contribution in [3.63, 3.8) is 0 Å². The number of anilines is 1. The molecule has 2 heterocycles. The van der Waals surface area contributed by atoms with E-state index in [0.717, 1.165) is 36.3 Å². The van der Waals surface area contributed by atoms with Crippen LogP contribution < -0.4 is 4.90 Å². The first-order chi connectivity index (χ1) is 9.20. The van der Waals surface area contributed by atoms with E-state index in [9.17, 15) is 9.90 Å². The summed E-state index contributed by atoms with van der Waals surface area (Å²) in [5, 5.41) is 10.3. The van der Waals surface area contributed by atoms with Crippen LogP contribution in [-0.2, 0) is 16.0 Å². The minimum absolute atomic E-state index is 0.0996. The summed E-state index contributed by atoms with van der Waals surface area (Å²) < 4.78 is 5.52. The second kappa shape index (κ2) is 4.94. The predicted octanol–water partition coefficient (Wildman–Crippen LogP) is 1.81. The number of ether oxygens (including phenoxy) is 1. The van der Waals surface area contributed by atoms with Gasteiger partial charge >= 0.3 is 0 Å². The van der Waals surface area contributed by atoms with Crippen LogP contribution in [0.4, 0.5) is 5.69 Å². The first-order valence-corrected chi connectivity index (χ1v) is 6.93. The Hall–Kier alpha value is -1.39. The minimum Gasteiger partial charge on any atom is -0.386 e. The smallest absolute Gasteiger partial charge is 0.231 e. The average Bonchev–Trinajstić information content (AvgIpc) is 3.03. The van der Waals surface area contributed by atoms with Gasteiger partial charge in [-0.1, -0.05) is 12.1 Å². The lowest BCUT2D eigenvalue weighted by atomic mass is 9.99. The maximum Gasteiger partial charge on any atom is 0.231 e. The van der Waals surface area contributed by atoms with Crippen LogP contribution in [0.2, 0.25) is 0 Å². The molecule has 2 aliphatic heterocycles. The molecule has 1 saturated heterocycles. The Labute approximate surface area is 113 Å². The second-order valence-corrected chi connectivity index (χ2v) is 5.20. The van der Waals surface area contributed by atoms with Crippen LogP contribution in [0.5, 0.6) is 0 Å². The van der Waals surface area contributed by atoms with Crippen molar-refractivity contribution in [1.29, 1.82) is 0 Å². The van der Waals surface area contributed by atoms with Gasteiger partial charge in [-0.25, -0.2) is 0 Å². The highest BCUT2D eigenvalue weighted by Gasteiger charge is 2.29. The van der Waals surface area contributed by atoms with E-state index in [0.29, 0.717) is 13.0 Å². The van der Waals surface area contributed by atoms with E-state index >= 15 is 0 Å². The molecule has 1 N–H and O–H groups in total. The van der Waals surface area contributed by atoms with Crippen LogP contribution in [-0.4, -0.2) is 30.3 Å². The van der Waals surface area contributed by atoms with Gasteiger partial charge in [-0.15, -0.1) is 0 Å². The van der Waals surface area contributed by atoms with Crippen molar-refractivity contribution in [3.8, 4) is 0 Å². The highest BCUT2D eigenvalue weighted by Crippen LogP contribution is 2.33. The van der Waals surface area contributed by atoms with Crippen LogP contribution in [0.3, 0.4) is 0 Å². The lowest BCUT2D eigenvalue weighted by Crippen LogP contribution is -2.25. The fourth-order valence-corrected chi connectivity index (χ4v) is 3.00. The van der Waals surface area contributed by atoms with Gasteiger partial charge in [-0.05, 0) is 37.0 Å². The number of hydrogen-bond donors (Lipinski definition) is 1. The molecule has 0 radical (unpaired) electrons. The Morgan fingerprint density at radius 3 is 3.05 bits per heavy atom. The molecule has 0 spiro atoms. The van der Waals surface area contributed by atoms with Gasteiger partial charge < -0.3 is 14.7 Å². The fourth-order valence-electron chi connectivity index (χ4n) is 3.00. The number of aliphatic hydroxyl groups is 1. The normalized spacial score (nSPS) is 23.8. The number of benzene rings is 1. The zero-order chi connectivity index (χ0) is 13.4. The molecule has 4 nitrogen and oxygen atoms in total. The van der Waals surface area contributed by atoms with E-state index in [1.54, 1.807) is 4.90 Å². The summed E-state index contributed by atoms with van der Waals surface area (Å²) in [6.45, 7) is 3.40. The van der Waals surface area contributed by atoms with E-state index in [1.807, 2.05) is 25.1 Å². The van der Waals surface area contributed by atoms with Gasteiger partial charge in [0, 0.05) is 18.8 Å². The standard InChI is InChI=1S/C15H19NO3/c1-2-16-12-6-5-10(8-11(12)9-14(16)17)15(18)13-4-3-7-19-13/h5-6,8,13,15,18H,2-4,7,9H2,1H3. The van der Waals surface area contributed by atoms with E-state index in [2.05, 4.69) is 0 Å². The van der Waals surface area contributed by atoms with Crippen molar-refractivity contribution in [2.24, 2.45) is 0 Å². The molecule has 2 aliphatic rings. The topological polar surface area (TPSA) is 49.8 Å². The van der Waals surface area contributed by atoms with Crippen LogP contribution in [0.25, 0.3) is 0 Å².